The highest BCUT2D eigenvalue weighted by atomic mass is 16.6. The van der Waals surface area contributed by atoms with Crippen molar-refractivity contribution in [3.63, 3.8) is 0 Å². The quantitative estimate of drug-likeness (QED) is 0.0345. The maximum Gasteiger partial charge on any atom is 0.306 e. The minimum atomic E-state index is -0.559. The molecular formula is C63H108O5. The molecule has 0 radical (unpaired) electrons. The molecule has 0 aromatic rings. The van der Waals surface area contributed by atoms with E-state index in [-0.39, 0.29) is 25.2 Å². The number of carbonyl (C=O) groups is 2. The van der Waals surface area contributed by atoms with E-state index in [1.807, 2.05) is 0 Å². The molecule has 0 N–H and O–H groups in total. The minimum Gasteiger partial charge on any atom is -0.462 e. The van der Waals surface area contributed by atoms with Gasteiger partial charge in [-0.05, 0) is 96.3 Å². The van der Waals surface area contributed by atoms with Crippen molar-refractivity contribution in [3.8, 4) is 0 Å². The average Bonchev–Trinajstić information content (AvgIpc) is 3.34. The standard InChI is InChI=1S/C63H108O5/c1-4-7-10-13-16-19-22-25-28-31-32-34-35-38-41-44-47-50-53-56-62(64)67-60-61(59-66-58-55-52-49-46-43-40-37-30-27-24-21-18-15-12-9-6-3)68-63(65)57-54-51-48-45-42-39-36-33-29-26-23-20-17-14-11-8-5-2/h7-8,10-11,16-17,19-20,25-26,28-29,32,34,36,39,61H,4-6,9,12-15,18,21-24,27,30-31,33,35,37-38,40-60H2,1-3H3/b10-7-,11-8-,19-16-,20-17-,28-25-,29-26-,34-32-,39-36-. The first-order chi connectivity index (χ1) is 33.6. The molecule has 0 amide bonds. The summed E-state index contributed by atoms with van der Waals surface area (Å²) in [7, 11) is 0. The van der Waals surface area contributed by atoms with Gasteiger partial charge in [0.1, 0.15) is 6.61 Å². The Labute approximate surface area is 422 Å². The van der Waals surface area contributed by atoms with Gasteiger partial charge in [-0.3, -0.25) is 9.59 Å². The lowest BCUT2D eigenvalue weighted by Gasteiger charge is -2.18. The van der Waals surface area contributed by atoms with Crippen molar-refractivity contribution in [1.29, 1.82) is 0 Å². The van der Waals surface area contributed by atoms with Gasteiger partial charge in [0.05, 0.1) is 6.61 Å². The Bertz CT molecular complexity index is 1300. The molecule has 1 atom stereocenters. The number of ether oxygens (including phenoxy) is 3. The van der Waals surface area contributed by atoms with Crippen molar-refractivity contribution in [1.82, 2.24) is 0 Å². The molecule has 0 aromatic heterocycles. The molecular weight excluding hydrogens is 837 g/mol. The van der Waals surface area contributed by atoms with Crippen LogP contribution in [-0.2, 0) is 23.8 Å². The van der Waals surface area contributed by atoms with E-state index >= 15 is 0 Å². The molecule has 0 aliphatic heterocycles. The predicted molar refractivity (Wildman–Crippen MR) is 297 cm³/mol. The summed E-state index contributed by atoms with van der Waals surface area (Å²) in [4.78, 5) is 25.5. The number of hydrogen-bond acceptors (Lipinski definition) is 5. The number of esters is 2. The van der Waals surface area contributed by atoms with E-state index in [4.69, 9.17) is 14.2 Å². The lowest BCUT2D eigenvalue weighted by molar-refractivity contribution is -0.163. The maximum atomic E-state index is 12.9. The Morgan fingerprint density at radius 1 is 0.338 bits per heavy atom. The third kappa shape index (κ3) is 55.4. The molecule has 0 aliphatic rings. The smallest absolute Gasteiger partial charge is 0.306 e. The van der Waals surface area contributed by atoms with Crippen LogP contribution in [0.2, 0.25) is 0 Å². The molecule has 0 fully saturated rings. The van der Waals surface area contributed by atoms with E-state index in [1.54, 1.807) is 0 Å². The lowest BCUT2D eigenvalue weighted by Crippen LogP contribution is -2.30. The van der Waals surface area contributed by atoms with Gasteiger partial charge in [-0.1, -0.05) is 253 Å². The summed E-state index contributed by atoms with van der Waals surface area (Å²) < 4.78 is 17.5. The van der Waals surface area contributed by atoms with Gasteiger partial charge >= 0.3 is 11.9 Å². The molecule has 5 nitrogen and oxygen atoms in total. The van der Waals surface area contributed by atoms with Gasteiger partial charge in [-0.25, -0.2) is 0 Å². The molecule has 0 aliphatic carbocycles. The van der Waals surface area contributed by atoms with Crippen LogP contribution in [0.4, 0.5) is 0 Å². The molecule has 68 heavy (non-hydrogen) atoms. The number of rotatable bonds is 52. The maximum absolute atomic E-state index is 12.9. The zero-order chi connectivity index (χ0) is 49.2. The van der Waals surface area contributed by atoms with Crippen molar-refractivity contribution < 1.29 is 23.8 Å². The predicted octanol–water partition coefficient (Wildman–Crippen LogP) is 19.8. The summed E-state index contributed by atoms with van der Waals surface area (Å²) in [5.74, 6) is -0.436. The van der Waals surface area contributed by atoms with Crippen LogP contribution in [0.25, 0.3) is 0 Å². The topological polar surface area (TPSA) is 61.8 Å². The second-order valence-corrected chi connectivity index (χ2v) is 18.8. The Morgan fingerprint density at radius 3 is 1.06 bits per heavy atom. The van der Waals surface area contributed by atoms with Crippen LogP contribution in [0.5, 0.6) is 0 Å². The van der Waals surface area contributed by atoms with E-state index < -0.39 is 6.10 Å². The first kappa shape index (κ1) is 64.8. The summed E-state index contributed by atoms with van der Waals surface area (Å²) >= 11 is 0. The minimum absolute atomic E-state index is 0.0652. The zero-order valence-electron chi connectivity index (χ0n) is 44.8. The number of unbranched alkanes of at least 4 members (excludes halogenated alkanes) is 25. The molecule has 0 rings (SSSR count). The monoisotopic (exact) mass is 945 g/mol. The zero-order valence-corrected chi connectivity index (χ0v) is 44.8. The first-order valence-corrected chi connectivity index (χ1v) is 28.8. The molecule has 0 aromatic carbocycles. The van der Waals surface area contributed by atoms with Crippen molar-refractivity contribution in [3.05, 3.63) is 97.2 Å². The molecule has 390 valence electrons. The van der Waals surface area contributed by atoms with Crippen LogP contribution in [0.15, 0.2) is 97.2 Å². The molecule has 5 heteroatoms. The highest BCUT2D eigenvalue weighted by Gasteiger charge is 2.17. The average molecular weight is 946 g/mol. The molecule has 1 unspecified atom stereocenters. The van der Waals surface area contributed by atoms with Crippen molar-refractivity contribution >= 4 is 11.9 Å². The molecule has 0 spiro atoms. The van der Waals surface area contributed by atoms with Crippen molar-refractivity contribution in [2.24, 2.45) is 0 Å². The van der Waals surface area contributed by atoms with Crippen LogP contribution in [-0.4, -0.2) is 37.9 Å². The number of hydrogen-bond donors (Lipinski definition) is 0. The fourth-order valence-corrected chi connectivity index (χ4v) is 7.90. The van der Waals surface area contributed by atoms with E-state index in [1.165, 1.54) is 109 Å². The van der Waals surface area contributed by atoms with Gasteiger partial charge in [0.15, 0.2) is 6.10 Å². The van der Waals surface area contributed by atoms with Gasteiger partial charge in [0.25, 0.3) is 0 Å². The second-order valence-electron chi connectivity index (χ2n) is 18.8. The van der Waals surface area contributed by atoms with Gasteiger partial charge in [-0.15, -0.1) is 0 Å². The SMILES string of the molecule is CC/C=C\C/C=C\C/C=C\C/C=C\CCCCCCCCC(=O)OCC(COCCCCCCCCCCCCCCCCCC)OC(=O)CCCCCC/C=C\C/C=C\C/C=C\C/C=C\CC. The van der Waals surface area contributed by atoms with Crippen LogP contribution >= 0.6 is 0 Å². The number of carbonyl (C=O) groups excluding carboxylic acids is 2. The highest BCUT2D eigenvalue weighted by Crippen LogP contribution is 2.15. The highest BCUT2D eigenvalue weighted by molar-refractivity contribution is 5.70. The van der Waals surface area contributed by atoms with Crippen molar-refractivity contribution in [2.75, 3.05) is 19.8 Å². The van der Waals surface area contributed by atoms with E-state index in [2.05, 4.69) is 118 Å². The van der Waals surface area contributed by atoms with E-state index in [0.29, 0.717) is 19.4 Å². The first-order valence-electron chi connectivity index (χ1n) is 28.8. The summed E-state index contributed by atoms with van der Waals surface area (Å²) in [5.41, 5.74) is 0. The fraction of sp³-hybridized carbons (Fsp3) is 0.714. The van der Waals surface area contributed by atoms with Crippen LogP contribution < -0.4 is 0 Å². The van der Waals surface area contributed by atoms with E-state index in [0.717, 1.165) is 122 Å². The molecule has 0 saturated carbocycles. The van der Waals surface area contributed by atoms with Crippen LogP contribution in [0.3, 0.4) is 0 Å². The summed E-state index contributed by atoms with van der Waals surface area (Å²) in [6.45, 7) is 7.59. The summed E-state index contributed by atoms with van der Waals surface area (Å²) in [6, 6.07) is 0. The molecule has 0 heterocycles. The third-order valence-corrected chi connectivity index (χ3v) is 12.1. The Kier molecular flexibility index (Phi) is 55.4. The lowest BCUT2D eigenvalue weighted by atomic mass is 10.0. The van der Waals surface area contributed by atoms with Gasteiger partial charge < -0.3 is 14.2 Å². The Balaban J connectivity index is 4.35. The van der Waals surface area contributed by atoms with Crippen LogP contribution in [0, 0.1) is 0 Å². The van der Waals surface area contributed by atoms with Crippen LogP contribution in [0.1, 0.15) is 265 Å². The Hall–Kier alpha value is -3.18. The summed E-state index contributed by atoms with van der Waals surface area (Å²) in [5, 5.41) is 0. The third-order valence-electron chi connectivity index (χ3n) is 12.1. The van der Waals surface area contributed by atoms with Gasteiger partial charge in [-0.2, -0.15) is 0 Å². The van der Waals surface area contributed by atoms with Crippen molar-refractivity contribution in [2.45, 2.75) is 271 Å². The van der Waals surface area contributed by atoms with Gasteiger partial charge in [0.2, 0.25) is 0 Å². The molecule has 0 bridgehead atoms. The number of allylic oxidation sites excluding steroid dienone is 16. The van der Waals surface area contributed by atoms with Gasteiger partial charge in [0, 0.05) is 19.4 Å². The summed E-state index contributed by atoms with van der Waals surface area (Å²) in [6.07, 6.45) is 78.5. The Morgan fingerprint density at radius 2 is 0.662 bits per heavy atom. The largest absolute Gasteiger partial charge is 0.462 e. The normalized spacial score (nSPS) is 12.9. The second kappa shape index (κ2) is 58.1. The fourth-order valence-electron chi connectivity index (χ4n) is 7.90. The molecule has 0 saturated heterocycles. The van der Waals surface area contributed by atoms with E-state index in [9.17, 15) is 9.59 Å².